The fourth-order valence-electron chi connectivity index (χ4n) is 2.25. The van der Waals surface area contributed by atoms with Gasteiger partial charge in [-0.25, -0.2) is 0 Å². The van der Waals surface area contributed by atoms with Gasteiger partial charge in [-0.05, 0) is 36.9 Å². The molecule has 1 N–H and O–H groups in total. The van der Waals surface area contributed by atoms with E-state index in [0.717, 1.165) is 12.1 Å². The van der Waals surface area contributed by atoms with Gasteiger partial charge in [-0.3, -0.25) is 4.90 Å². The van der Waals surface area contributed by atoms with Crippen LogP contribution in [0, 0.1) is 11.8 Å². The Morgan fingerprint density at radius 1 is 1.47 bits per heavy atom. The molecule has 0 saturated carbocycles. The van der Waals surface area contributed by atoms with Crippen LogP contribution in [0.2, 0.25) is 0 Å². The number of aliphatic hydroxyl groups is 1. The van der Waals surface area contributed by atoms with E-state index in [1.807, 2.05) is 6.07 Å². The molecule has 1 aliphatic rings. The number of rotatable bonds is 4. The molecule has 0 aliphatic carbocycles. The molecule has 2 rings (SSSR count). The summed E-state index contributed by atoms with van der Waals surface area (Å²) in [6.45, 7) is 1.12. The van der Waals surface area contributed by atoms with Crippen molar-refractivity contribution in [2.75, 3.05) is 25.2 Å². The SMILES string of the molecule is CN(Cc1cccc(C#CCCO)c1)C1CCSC1. The Morgan fingerprint density at radius 3 is 3.11 bits per heavy atom. The number of hydrogen-bond donors (Lipinski definition) is 1. The highest BCUT2D eigenvalue weighted by Gasteiger charge is 2.19. The topological polar surface area (TPSA) is 23.5 Å². The second-order valence-corrected chi connectivity index (χ2v) is 6.06. The lowest BCUT2D eigenvalue weighted by Gasteiger charge is -2.23. The maximum Gasteiger partial charge on any atom is 0.0540 e. The molecule has 1 aromatic rings. The largest absolute Gasteiger partial charge is 0.395 e. The van der Waals surface area contributed by atoms with Crippen LogP contribution in [0.15, 0.2) is 24.3 Å². The molecular formula is C16H21NOS. The first kappa shape index (κ1) is 14.5. The van der Waals surface area contributed by atoms with Gasteiger partial charge in [-0.1, -0.05) is 24.0 Å². The molecule has 1 unspecified atom stereocenters. The highest BCUT2D eigenvalue weighted by molar-refractivity contribution is 7.99. The summed E-state index contributed by atoms with van der Waals surface area (Å²) in [7, 11) is 2.21. The third-order valence-corrected chi connectivity index (χ3v) is 4.50. The van der Waals surface area contributed by atoms with Gasteiger partial charge in [0.15, 0.2) is 0 Å². The van der Waals surface area contributed by atoms with Crippen molar-refractivity contribution >= 4 is 11.8 Å². The van der Waals surface area contributed by atoms with Crippen molar-refractivity contribution in [2.45, 2.75) is 25.4 Å². The van der Waals surface area contributed by atoms with Crippen molar-refractivity contribution in [1.29, 1.82) is 0 Å². The van der Waals surface area contributed by atoms with Crippen molar-refractivity contribution in [3.63, 3.8) is 0 Å². The van der Waals surface area contributed by atoms with Crippen LogP contribution in [-0.2, 0) is 6.54 Å². The Labute approximate surface area is 120 Å². The minimum absolute atomic E-state index is 0.134. The fraction of sp³-hybridized carbons (Fsp3) is 0.500. The molecular weight excluding hydrogens is 254 g/mol. The van der Waals surface area contributed by atoms with Crippen LogP contribution in [0.5, 0.6) is 0 Å². The molecule has 1 aliphatic heterocycles. The monoisotopic (exact) mass is 275 g/mol. The van der Waals surface area contributed by atoms with E-state index < -0.39 is 0 Å². The number of aliphatic hydroxyl groups excluding tert-OH is 1. The maximum atomic E-state index is 8.73. The molecule has 0 amide bonds. The Hall–Kier alpha value is -0.950. The van der Waals surface area contributed by atoms with Crippen LogP contribution in [-0.4, -0.2) is 41.2 Å². The third kappa shape index (κ3) is 4.58. The average molecular weight is 275 g/mol. The molecule has 0 bridgehead atoms. The molecule has 1 atom stereocenters. The second-order valence-electron chi connectivity index (χ2n) is 4.91. The molecule has 1 heterocycles. The van der Waals surface area contributed by atoms with Crippen LogP contribution in [0.25, 0.3) is 0 Å². The Bertz CT molecular complexity index is 457. The van der Waals surface area contributed by atoms with Gasteiger partial charge < -0.3 is 5.11 Å². The van der Waals surface area contributed by atoms with Crippen LogP contribution in [0.1, 0.15) is 24.0 Å². The Morgan fingerprint density at radius 2 is 2.37 bits per heavy atom. The van der Waals surface area contributed by atoms with Gasteiger partial charge in [-0.15, -0.1) is 0 Å². The smallest absolute Gasteiger partial charge is 0.0540 e. The first-order chi connectivity index (χ1) is 9.29. The zero-order valence-corrected chi connectivity index (χ0v) is 12.2. The standard InChI is InChI=1S/C16H21NOS/c1-17(16-8-10-19-13-16)12-15-7-4-6-14(11-15)5-2-3-9-18/h4,6-7,11,16,18H,3,8-10,12-13H2,1H3. The van der Waals surface area contributed by atoms with E-state index in [0.29, 0.717) is 12.5 Å². The lowest BCUT2D eigenvalue weighted by atomic mass is 10.1. The van der Waals surface area contributed by atoms with Gasteiger partial charge in [0, 0.05) is 30.3 Å². The summed E-state index contributed by atoms with van der Waals surface area (Å²) in [5.74, 6) is 8.62. The van der Waals surface area contributed by atoms with E-state index in [2.05, 4.69) is 53.7 Å². The van der Waals surface area contributed by atoms with Gasteiger partial charge in [-0.2, -0.15) is 11.8 Å². The summed E-state index contributed by atoms with van der Waals surface area (Å²) in [5.41, 5.74) is 2.36. The van der Waals surface area contributed by atoms with Gasteiger partial charge in [0.2, 0.25) is 0 Å². The second kappa shape index (κ2) is 7.59. The van der Waals surface area contributed by atoms with Crippen molar-refractivity contribution in [3.8, 4) is 11.8 Å². The van der Waals surface area contributed by atoms with Crippen LogP contribution in [0.3, 0.4) is 0 Å². The first-order valence-corrected chi connectivity index (χ1v) is 7.91. The molecule has 1 saturated heterocycles. The molecule has 19 heavy (non-hydrogen) atoms. The zero-order valence-electron chi connectivity index (χ0n) is 11.4. The van der Waals surface area contributed by atoms with Crippen molar-refractivity contribution in [1.82, 2.24) is 4.90 Å². The molecule has 0 radical (unpaired) electrons. The minimum Gasteiger partial charge on any atom is -0.395 e. The molecule has 3 heteroatoms. The summed E-state index contributed by atoms with van der Waals surface area (Å²) in [5, 5.41) is 8.73. The van der Waals surface area contributed by atoms with E-state index >= 15 is 0 Å². The number of nitrogens with zero attached hydrogens (tertiary/aromatic N) is 1. The first-order valence-electron chi connectivity index (χ1n) is 6.76. The molecule has 0 aromatic heterocycles. The molecule has 102 valence electrons. The summed E-state index contributed by atoms with van der Waals surface area (Å²) < 4.78 is 0. The van der Waals surface area contributed by atoms with Crippen LogP contribution in [0.4, 0.5) is 0 Å². The normalized spacial score (nSPS) is 18.4. The van der Waals surface area contributed by atoms with E-state index in [-0.39, 0.29) is 6.61 Å². The van der Waals surface area contributed by atoms with Crippen molar-refractivity contribution < 1.29 is 5.11 Å². The number of thioether (sulfide) groups is 1. The zero-order chi connectivity index (χ0) is 13.5. The van der Waals surface area contributed by atoms with Crippen LogP contribution < -0.4 is 0 Å². The summed E-state index contributed by atoms with van der Waals surface area (Å²) in [4.78, 5) is 2.44. The maximum absolute atomic E-state index is 8.73. The van der Waals surface area contributed by atoms with Gasteiger partial charge >= 0.3 is 0 Å². The summed E-state index contributed by atoms with van der Waals surface area (Å²) >= 11 is 2.05. The Kier molecular flexibility index (Phi) is 5.78. The van der Waals surface area contributed by atoms with E-state index in [1.54, 1.807) is 0 Å². The highest BCUT2D eigenvalue weighted by atomic mass is 32.2. The predicted octanol–water partition coefficient (Wildman–Crippen LogP) is 2.36. The predicted molar refractivity (Wildman–Crippen MR) is 82.2 cm³/mol. The van der Waals surface area contributed by atoms with E-state index in [9.17, 15) is 0 Å². The van der Waals surface area contributed by atoms with Gasteiger partial charge in [0.25, 0.3) is 0 Å². The number of hydrogen-bond acceptors (Lipinski definition) is 3. The lowest BCUT2D eigenvalue weighted by Crippen LogP contribution is -2.30. The van der Waals surface area contributed by atoms with Crippen LogP contribution >= 0.6 is 11.8 Å². The lowest BCUT2D eigenvalue weighted by molar-refractivity contribution is 0.254. The third-order valence-electron chi connectivity index (χ3n) is 3.36. The minimum atomic E-state index is 0.134. The fourth-order valence-corrected chi connectivity index (χ4v) is 3.55. The Balaban J connectivity index is 1.96. The van der Waals surface area contributed by atoms with E-state index in [4.69, 9.17) is 5.11 Å². The van der Waals surface area contributed by atoms with Gasteiger partial charge in [0.05, 0.1) is 6.61 Å². The summed E-state index contributed by atoms with van der Waals surface area (Å²) in [6.07, 6.45) is 1.85. The molecule has 0 spiro atoms. The average Bonchev–Trinajstić information content (AvgIpc) is 2.93. The molecule has 1 aromatic carbocycles. The summed E-state index contributed by atoms with van der Waals surface area (Å²) in [6, 6.07) is 9.13. The van der Waals surface area contributed by atoms with E-state index in [1.165, 1.54) is 23.5 Å². The molecule has 1 fully saturated rings. The molecule has 2 nitrogen and oxygen atoms in total. The van der Waals surface area contributed by atoms with Gasteiger partial charge in [0.1, 0.15) is 0 Å². The number of benzene rings is 1. The highest BCUT2D eigenvalue weighted by Crippen LogP contribution is 2.22. The quantitative estimate of drug-likeness (QED) is 0.853. The van der Waals surface area contributed by atoms with Crippen molar-refractivity contribution in [2.24, 2.45) is 0 Å². The van der Waals surface area contributed by atoms with Crippen molar-refractivity contribution in [3.05, 3.63) is 35.4 Å².